The summed E-state index contributed by atoms with van der Waals surface area (Å²) in [5.41, 5.74) is 6.37. The summed E-state index contributed by atoms with van der Waals surface area (Å²) < 4.78 is 12.6. The van der Waals surface area contributed by atoms with Gasteiger partial charge in [0.15, 0.2) is 0 Å². The summed E-state index contributed by atoms with van der Waals surface area (Å²) in [5, 5.41) is 0. The molecular weight excluding hydrogens is 131 g/mol. The van der Waals surface area contributed by atoms with Gasteiger partial charge in [-0.2, -0.15) is 0 Å². The maximum absolute atomic E-state index is 12.6. The Labute approximate surface area is 58.9 Å². The Bertz CT molecular complexity index is 223. The van der Waals surface area contributed by atoms with E-state index >= 15 is 0 Å². The number of rotatable bonds is 1. The third kappa shape index (κ3) is 1.23. The van der Waals surface area contributed by atoms with E-state index < -0.39 is 6.17 Å². The summed E-state index contributed by atoms with van der Waals surface area (Å²) in [4.78, 5) is 3.75. The normalized spacial score (nSPS) is 13.0. The molecule has 0 fully saturated rings. The zero-order valence-electron chi connectivity index (χ0n) is 5.71. The average molecular weight is 140 g/mol. The molecule has 1 aromatic rings. The van der Waals surface area contributed by atoms with Crippen LogP contribution in [0.25, 0.3) is 0 Å². The van der Waals surface area contributed by atoms with Gasteiger partial charge in [-0.15, -0.1) is 0 Å². The second-order valence-electron chi connectivity index (χ2n) is 2.12. The van der Waals surface area contributed by atoms with Gasteiger partial charge < -0.3 is 5.73 Å². The number of aromatic nitrogens is 1. The number of hydrogen-bond acceptors (Lipinski definition) is 2. The monoisotopic (exact) mass is 140 g/mol. The Morgan fingerprint density at radius 1 is 1.70 bits per heavy atom. The molecule has 1 rings (SSSR count). The van der Waals surface area contributed by atoms with Crippen LogP contribution >= 0.6 is 0 Å². The molecule has 0 aliphatic heterocycles. The van der Waals surface area contributed by atoms with E-state index in [1.54, 1.807) is 12.3 Å². The molecule has 10 heavy (non-hydrogen) atoms. The molecular formula is C7H9FN2. The Hall–Kier alpha value is -1.12. The number of pyridine rings is 1. The summed E-state index contributed by atoms with van der Waals surface area (Å²) in [6.45, 7) is 1.44. The van der Waals surface area contributed by atoms with E-state index in [-0.39, 0.29) is 0 Å². The quantitative estimate of drug-likeness (QED) is 0.644. The molecule has 1 unspecified atom stereocenters. The first kappa shape index (κ1) is 6.99. The molecule has 0 aliphatic carbocycles. The van der Waals surface area contributed by atoms with Crippen molar-refractivity contribution in [3.05, 3.63) is 24.0 Å². The van der Waals surface area contributed by atoms with Gasteiger partial charge in [-0.25, -0.2) is 4.39 Å². The van der Waals surface area contributed by atoms with Crippen molar-refractivity contribution in [2.45, 2.75) is 13.1 Å². The van der Waals surface area contributed by atoms with E-state index in [1.165, 1.54) is 13.1 Å². The fourth-order valence-electron chi connectivity index (χ4n) is 0.750. The van der Waals surface area contributed by atoms with Crippen LogP contribution in [-0.4, -0.2) is 4.98 Å². The van der Waals surface area contributed by atoms with E-state index in [0.29, 0.717) is 11.3 Å². The molecule has 0 saturated heterocycles. The second-order valence-corrected chi connectivity index (χ2v) is 2.12. The Morgan fingerprint density at radius 3 is 2.80 bits per heavy atom. The summed E-state index contributed by atoms with van der Waals surface area (Å²) in [6.07, 6.45) is 1.95. The zero-order chi connectivity index (χ0) is 7.56. The highest BCUT2D eigenvalue weighted by Crippen LogP contribution is 2.20. The van der Waals surface area contributed by atoms with Crippen LogP contribution in [0.5, 0.6) is 0 Å². The van der Waals surface area contributed by atoms with Gasteiger partial charge in [0.25, 0.3) is 0 Å². The van der Waals surface area contributed by atoms with E-state index in [9.17, 15) is 4.39 Å². The molecule has 1 heterocycles. The first-order valence-electron chi connectivity index (χ1n) is 3.05. The maximum Gasteiger partial charge on any atom is 0.126 e. The van der Waals surface area contributed by atoms with E-state index in [2.05, 4.69) is 4.98 Å². The van der Waals surface area contributed by atoms with Gasteiger partial charge in [0.05, 0.1) is 0 Å². The standard InChI is InChI=1S/C7H9FN2/c1-5(8)6-4-10-3-2-7(6)9/h2-5H,1H3,(H2,9,10). The molecule has 54 valence electrons. The molecule has 3 heteroatoms. The van der Waals surface area contributed by atoms with Crippen molar-refractivity contribution in [1.29, 1.82) is 0 Å². The highest BCUT2D eigenvalue weighted by atomic mass is 19.1. The summed E-state index contributed by atoms with van der Waals surface area (Å²) in [6, 6.07) is 1.59. The van der Waals surface area contributed by atoms with Crippen LogP contribution < -0.4 is 5.73 Å². The molecule has 0 aromatic carbocycles. The molecule has 0 bridgehead atoms. The number of hydrogen-bond donors (Lipinski definition) is 1. The van der Waals surface area contributed by atoms with Crippen LogP contribution in [0.1, 0.15) is 18.7 Å². The minimum Gasteiger partial charge on any atom is -0.398 e. The molecule has 1 atom stereocenters. The maximum atomic E-state index is 12.6. The molecule has 0 radical (unpaired) electrons. The average Bonchev–Trinajstić information content (AvgIpc) is 1.88. The third-order valence-corrected chi connectivity index (χ3v) is 1.32. The Morgan fingerprint density at radius 2 is 2.40 bits per heavy atom. The van der Waals surface area contributed by atoms with E-state index in [4.69, 9.17) is 5.73 Å². The lowest BCUT2D eigenvalue weighted by Gasteiger charge is -2.03. The second kappa shape index (κ2) is 2.64. The van der Waals surface area contributed by atoms with Crippen LogP contribution in [0.4, 0.5) is 10.1 Å². The molecule has 1 aromatic heterocycles. The van der Waals surface area contributed by atoms with Crippen molar-refractivity contribution in [3.8, 4) is 0 Å². The smallest absolute Gasteiger partial charge is 0.126 e. The molecule has 0 saturated carbocycles. The van der Waals surface area contributed by atoms with Crippen LogP contribution in [0, 0.1) is 0 Å². The van der Waals surface area contributed by atoms with Gasteiger partial charge in [0.2, 0.25) is 0 Å². The van der Waals surface area contributed by atoms with Gasteiger partial charge in [-0.3, -0.25) is 4.98 Å². The van der Waals surface area contributed by atoms with Crippen LogP contribution in [0.2, 0.25) is 0 Å². The van der Waals surface area contributed by atoms with Crippen molar-refractivity contribution < 1.29 is 4.39 Å². The zero-order valence-corrected chi connectivity index (χ0v) is 5.71. The van der Waals surface area contributed by atoms with E-state index in [1.807, 2.05) is 0 Å². The third-order valence-electron chi connectivity index (χ3n) is 1.32. The summed E-state index contributed by atoms with van der Waals surface area (Å²) in [7, 11) is 0. The van der Waals surface area contributed by atoms with Crippen LogP contribution in [0.15, 0.2) is 18.5 Å². The largest absolute Gasteiger partial charge is 0.398 e. The fourth-order valence-corrected chi connectivity index (χ4v) is 0.750. The first-order chi connectivity index (χ1) is 4.72. The number of halogens is 1. The summed E-state index contributed by atoms with van der Waals surface area (Å²) in [5.74, 6) is 0. The van der Waals surface area contributed by atoms with Crippen LogP contribution in [0.3, 0.4) is 0 Å². The topological polar surface area (TPSA) is 38.9 Å². The lowest BCUT2D eigenvalue weighted by atomic mass is 10.2. The Balaban J connectivity index is 3.03. The lowest BCUT2D eigenvalue weighted by molar-refractivity contribution is 0.374. The number of anilines is 1. The van der Waals surface area contributed by atoms with Gasteiger partial charge in [0.1, 0.15) is 6.17 Å². The van der Waals surface area contributed by atoms with Crippen molar-refractivity contribution in [1.82, 2.24) is 4.98 Å². The number of alkyl halides is 1. The van der Waals surface area contributed by atoms with Gasteiger partial charge in [-0.1, -0.05) is 0 Å². The summed E-state index contributed by atoms with van der Waals surface area (Å²) >= 11 is 0. The van der Waals surface area contributed by atoms with Gasteiger partial charge in [0, 0.05) is 23.6 Å². The lowest BCUT2D eigenvalue weighted by Crippen LogP contribution is -1.95. The molecule has 2 nitrogen and oxygen atoms in total. The van der Waals surface area contributed by atoms with Gasteiger partial charge in [-0.05, 0) is 13.0 Å². The van der Waals surface area contributed by atoms with Crippen molar-refractivity contribution >= 4 is 5.69 Å². The highest BCUT2D eigenvalue weighted by molar-refractivity contribution is 5.45. The minimum atomic E-state index is -1.03. The number of nitrogens with two attached hydrogens (primary N) is 1. The number of nitrogen functional groups attached to an aromatic ring is 1. The first-order valence-corrected chi connectivity index (χ1v) is 3.05. The van der Waals surface area contributed by atoms with Crippen LogP contribution in [-0.2, 0) is 0 Å². The number of nitrogens with zero attached hydrogens (tertiary/aromatic N) is 1. The molecule has 0 aliphatic rings. The van der Waals surface area contributed by atoms with Crippen molar-refractivity contribution in [2.75, 3.05) is 5.73 Å². The predicted octanol–water partition coefficient (Wildman–Crippen LogP) is 1.69. The molecule has 0 spiro atoms. The predicted molar refractivity (Wildman–Crippen MR) is 38.2 cm³/mol. The SMILES string of the molecule is CC(F)c1cnccc1N. The van der Waals surface area contributed by atoms with E-state index in [0.717, 1.165) is 0 Å². The highest BCUT2D eigenvalue weighted by Gasteiger charge is 2.05. The van der Waals surface area contributed by atoms with Crippen molar-refractivity contribution in [2.24, 2.45) is 0 Å². The molecule has 2 N–H and O–H groups in total. The van der Waals surface area contributed by atoms with Crippen molar-refractivity contribution in [3.63, 3.8) is 0 Å². The molecule has 0 amide bonds. The Kier molecular flexibility index (Phi) is 1.85. The van der Waals surface area contributed by atoms with Gasteiger partial charge >= 0.3 is 0 Å². The minimum absolute atomic E-state index is 0.461. The fraction of sp³-hybridized carbons (Fsp3) is 0.286.